The maximum absolute atomic E-state index is 12.2. The van der Waals surface area contributed by atoms with E-state index in [4.69, 9.17) is 0 Å². The zero-order valence-corrected chi connectivity index (χ0v) is 13.8. The van der Waals surface area contributed by atoms with Crippen molar-refractivity contribution in [3.8, 4) is 0 Å². The van der Waals surface area contributed by atoms with E-state index in [2.05, 4.69) is 34.9 Å². The summed E-state index contributed by atoms with van der Waals surface area (Å²) in [7, 11) is 1.94. The Hall–Kier alpha value is -1.00. The van der Waals surface area contributed by atoms with E-state index in [1.807, 2.05) is 14.0 Å². The number of nitrogens with one attached hydrogen (secondary N) is 2. The smallest absolute Gasteiger partial charge is 0.233 e. The number of carbonyl (C=O) groups excluding carboxylic acids is 1. The van der Waals surface area contributed by atoms with Crippen LogP contribution in [-0.4, -0.2) is 24.2 Å². The maximum Gasteiger partial charge on any atom is 0.233 e. The fraction of sp³-hybridized carbons (Fsp3) is 0.588. The van der Waals surface area contributed by atoms with Crippen molar-refractivity contribution in [2.45, 2.75) is 61.8 Å². The SMILES string of the molecule is CNCc1ccc(SC(C)C(=O)NC2CCCCC2)cc1. The number of hydrogen-bond acceptors (Lipinski definition) is 3. The first-order valence-electron chi connectivity index (χ1n) is 7.89. The van der Waals surface area contributed by atoms with Gasteiger partial charge < -0.3 is 10.6 Å². The molecule has 21 heavy (non-hydrogen) atoms. The van der Waals surface area contributed by atoms with E-state index >= 15 is 0 Å². The summed E-state index contributed by atoms with van der Waals surface area (Å²) in [5.41, 5.74) is 1.26. The highest BCUT2D eigenvalue weighted by molar-refractivity contribution is 8.00. The quantitative estimate of drug-likeness (QED) is 0.792. The minimum absolute atomic E-state index is 0.0397. The molecule has 2 rings (SSSR count). The third-order valence-electron chi connectivity index (χ3n) is 3.94. The fourth-order valence-electron chi connectivity index (χ4n) is 2.71. The summed E-state index contributed by atoms with van der Waals surface area (Å²) in [6, 6.07) is 8.82. The van der Waals surface area contributed by atoms with Crippen molar-refractivity contribution in [1.82, 2.24) is 10.6 Å². The van der Waals surface area contributed by atoms with Gasteiger partial charge >= 0.3 is 0 Å². The van der Waals surface area contributed by atoms with Crippen LogP contribution in [0, 0.1) is 0 Å². The van der Waals surface area contributed by atoms with E-state index in [1.165, 1.54) is 24.8 Å². The van der Waals surface area contributed by atoms with Crippen molar-refractivity contribution in [2.75, 3.05) is 7.05 Å². The average molecular weight is 306 g/mol. The van der Waals surface area contributed by atoms with Crippen molar-refractivity contribution in [3.05, 3.63) is 29.8 Å². The Bertz CT molecular complexity index is 441. The van der Waals surface area contributed by atoms with Crippen molar-refractivity contribution < 1.29 is 4.79 Å². The van der Waals surface area contributed by atoms with Gasteiger partial charge in [-0.2, -0.15) is 0 Å². The predicted octanol–water partition coefficient (Wildman–Crippen LogP) is 3.34. The lowest BCUT2D eigenvalue weighted by Crippen LogP contribution is -2.40. The van der Waals surface area contributed by atoms with Crippen LogP contribution in [0.2, 0.25) is 0 Å². The zero-order chi connectivity index (χ0) is 15.1. The zero-order valence-electron chi connectivity index (χ0n) is 13.0. The van der Waals surface area contributed by atoms with Gasteiger partial charge in [0.1, 0.15) is 0 Å². The predicted molar refractivity (Wildman–Crippen MR) is 89.5 cm³/mol. The Morgan fingerprint density at radius 1 is 1.24 bits per heavy atom. The van der Waals surface area contributed by atoms with Gasteiger partial charge in [0, 0.05) is 17.5 Å². The lowest BCUT2D eigenvalue weighted by atomic mass is 9.95. The van der Waals surface area contributed by atoms with Crippen LogP contribution in [-0.2, 0) is 11.3 Å². The molecule has 0 spiro atoms. The molecule has 0 bridgehead atoms. The number of carbonyl (C=O) groups is 1. The molecule has 1 unspecified atom stereocenters. The van der Waals surface area contributed by atoms with Crippen LogP contribution in [0.25, 0.3) is 0 Å². The lowest BCUT2D eigenvalue weighted by molar-refractivity contribution is -0.121. The van der Waals surface area contributed by atoms with Crippen LogP contribution < -0.4 is 10.6 Å². The molecule has 1 aliphatic rings. The van der Waals surface area contributed by atoms with Gasteiger partial charge in [0.05, 0.1) is 5.25 Å². The number of thioether (sulfide) groups is 1. The molecule has 116 valence electrons. The Morgan fingerprint density at radius 3 is 2.52 bits per heavy atom. The molecule has 1 atom stereocenters. The van der Waals surface area contributed by atoms with Crippen molar-refractivity contribution in [3.63, 3.8) is 0 Å². The van der Waals surface area contributed by atoms with Crippen molar-refractivity contribution in [2.24, 2.45) is 0 Å². The molecule has 0 radical (unpaired) electrons. The second-order valence-electron chi connectivity index (χ2n) is 5.78. The monoisotopic (exact) mass is 306 g/mol. The normalized spacial score (nSPS) is 17.4. The standard InChI is InChI=1S/C17H26N2OS/c1-13(17(20)19-15-6-4-3-5-7-15)21-16-10-8-14(9-11-16)12-18-2/h8-11,13,15,18H,3-7,12H2,1-2H3,(H,19,20). The molecule has 3 nitrogen and oxygen atoms in total. The molecule has 2 N–H and O–H groups in total. The van der Waals surface area contributed by atoms with Crippen LogP contribution in [0.1, 0.15) is 44.6 Å². The number of benzene rings is 1. The van der Waals surface area contributed by atoms with Crippen LogP contribution in [0.4, 0.5) is 0 Å². The highest BCUT2D eigenvalue weighted by Gasteiger charge is 2.20. The summed E-state index contributed by atoms with van der Waals surface area (Å²) in [6.07, 6.45) is 6.10. The molecule has 1 aromatic rings. The fourth-order valence-corrected chi connectivity index (χ4v) is 3.59. The topological polar surface area (TPSA) is 41.1 Å². The summed E-state index contributed by atoms with van der Waals surface area (Å²) in [6.45, 7) is 2.87. The minimum atomic E-state index is -0.0397. The van der Waals surface area contributed by atoms with E-state index in [0.29, 0.717) is 6.04 Å². The molecule has 4 heteroatoms. The Labute approximate surface area is 132 Å². The van der Waals surface area contributed by atoms with Gasteiger partial charge in [-0.05, 0) is 44.5 Å². The van der Waals surface area contributed by atoms with Crippen LogP contribution >= 0.6 is 11.8 Å². The van der Waals surface area contributed by atoms with Crippen LogP contribution in [0.5, 0.6) is 0 Å². The largest absolute Gasteiger partial charge is 0.352 e. The molecule has 0 saturated heterocycles. The minimum Gasteiger partial charge on any atom is -0.352 e. The van der Waals surface area contributed by atoms with Crippen LogP contribution in [0.15, 0.2) is 29.2 Å². The van der Waals surface area contributed by atoms with Gasteiger partial charge in [0.25, 0.3) is 0 Å². The molecule has 1 saturated carbocycles. The lowest BCUT2D eigenvalue weighted by Gasteiger charge is -2.24. The summed E-state index contributed by atoms with van der Waals surface area (Å²) >= 11 is 1.63. The van der Waals surface area contributed by atoms with E-state index in [9.17, 15) is 4.79 Å². The van der Waals surface area contributed by atoms with Crippen molar-refractivity contribution in [1.29, 1.82) is 0 Å². The summed E-state index contributed by atoms with van der Waals surface area (Å²) in [5.74, 6) is 0.172. The number of amides is 1. The summed E-state index contributed by atoms with van der Waals surface area (Å²) in [4.78, 5) is 13.4. The van der Waals surface area contributed by atoms with E-state index in [1.54, 1.807) is 11.8 Å². The first-order chi connectivity index (χ1) is 10.2. The Kier molecular flexibility index (Phi) is 6.58. The third kappa shape index (κ3) is 5.36. The van der Waals surface area contributed by atoms with E-state index < -0.39 is 0 Å². The van der Waals surface area contributed by atoms with Gasteiger partial charge in [0.15, 0.2) is 0 Å². The average Bonchev–Trinajstić information content (AvgIpc) is 2.50. The number of rotatable bonds is 6. The van der Waals surface area contributed by atoms with Crippen molar-refractivity contribution >= 4 is 17.7 Å². The molecular formula is C17H26N2OS. The van der Waals surface area contributed by atoms with Crippen LogP contribution in [0.3, 0.4) is 0 Å². The van der Waals surface area contributed by atoms with E-state index in [0.717, 1.165) is 24.3 Å². The van der Waals surface area contributed by atoms with E-state index in [-0.39, 0.29) is 11.2 Å². The maximum atomic E-state index is 12.2. The summed E-state index contributed by atoms with van der Waals surface area (Å²) in [5, 5.41) is 6.30. The molecule has 1 aliphatic carbocycles. The van der Waals surface area contributed by atoms with Gasteiger partial charge in [-0.3, -0.25) is 4.79 Å². The van der Waals surface area contributed by atoms with Gasteiger partial charge in [0.2, 0.25) is 5.91 Å². The Balaban J connectivity index is 1.81. The molecule has 1 amide bonds. The molecular weight excluding hydrogens is 280 g/mol. The van der Waals surface area contributed by atoms with Gasteiger partial charge in [-0.25, -0.2) is 0 Å². The molecule has 1 aromatic carbocycles. The van der Waals surface area contributed by atoms with Gasteiger partial charge in [-0.1, -0.05) is 31.4 Å². The molecule has 0 aliphatic heterocycles. The highest BCUT2D eigenvalue weighted by atomic mass is 32.2. The summed E-state index contributed by atoms with van der Waals surface area (Å²) < 4.78 is 0. The molecule has 0 heterocycles. The molecule has 0 aromatic heterocycles. The second kappa shape index (κ2) is 8.44. The second-order valence-corrected chi connectivity index (χ2v) is 7.19. The first-order valence-corrected chi connectivity index (χ1v) is 8.77. The Morgan fingerprint density at radius 2 is 1.90 bits per heavy atom. The number of hydrogen-bond donors (Lipinski definition) is 2. The highest BCUT2D eigenvalue weighted by Crippen LogP contribution is 2.24. The molecule has 1 fully saturated rings. The van der Waals surface area contributed by atoms with Gasteiger partial charge in [-0.15, -0.1) is 11.8 Å². The first kappa shape index (κ1) is 16.4. The third-order valence-corrected chi connectivity index (χ3v) is 5.05.